The van der Waals surface area contributed by atoms with Gasteiger partial charge >= 0.3 is 0 Å². The normalized spacial score (nSPS) is 11.3. The first kappa shape index (κ1) is 25.9. The second-order valence-electron chi connectivity index (χ2n) is 8.86. The number of hydrogen-bond donors (Lipinski definition) is 0. The zero-order valence-corrected chi connectivity index (χ0v) is 19.8. The number of unbranched alkanes of at least 4 members (excludes halogenated alkanes) is 1. The van der Waals surface area contributed by atoms with Crippen LogP contribution in [0, 0.1) is 29.1 Å². The third-order valence-corrected chi connectivity index (χ3v) is 6.18. The van der Waals surface area contributed by atoms with E-state index in [0.717, 1.165) is 12.8 Å². The maximum Gasteiger partial charge on any atom is 0.129 e. The van der Waals surface area contributed by atoms with Gasteiger partial charge in [0.1, 0.15) is 29.1 Å². The van der Waals surface area contributed by atoms with E-state index in [1.165, 1.54) is 30.3 Å². The summed E-state index contributed by atoms with van der Waals surface area (Å²) in [7, 11) is 0. The van der Waals surface area contributed by atoms with Crippen LogP contribution >= 0.6 is 0 Å². The van der Waals surface area contributed by atoms with Gasteiger partial charge < -0.3 is 0 Å². The van der Waals surface area contributed by atoms with Crippen LogP contribution in [0.25, 0.3) is 0 Å². The molecule has 0 aliphatic carbocycles. The van der Waals surface area contributed by atoms with Crippen molar-refractivity contribution in [3.05, 3.63) is 105 Å². The number of halogens is 5. The first-order chi connectivity index (χ1) is 16.3. The second-order valence-corrected chi connectivity index (χ2v) is 8.86. The monoisotopic (exact) mass is 474 g/mol. The molecule has 34 heavy (non-hydrogen) atoms. The lowest BCUT2D eigenvalue weighted by Gasteiger charge is -2.10. The molecule has 0 radical (unpaired) electrons. The van der Waals surface area contributed by atoms with Crippen molar-refractivity contribution >= 4 is 0 Å². The smallest absolute Gasteiger partial charge is 0.129 e. The Morgan fingerprint density at radius 2 is 0.971 bits per heavy atom. The summed E-state index contributed by atoms with van der Waals surface area (Å²) in [5, 5.41) is 0. The van der Waals surface area contributed by atoms with E-state index in [4.69, 9.17) is 0 Å². The van der Waals surface area contributed by atoms with Gasteiger partial charge in [-0.25, -0.2) is 22.0 Å². The Kier molecular flexibility index (Phi) is 9.26. The molecule has 0 amide bonds. The van der Waals surface area contributed by atoms with E-state index in [1.54, 1.807) is 12.1 Å². The van der Waals surface area contributed by atoms with Gasteiger partial charge in [-0.2, -0.15) is 0 Å². The molecule has 3 aromatic rings. The molecule has 0 saturated carbocycles. The number of hydrogen-bond acceptors (Lipinski definition) is 0. The summed E-state index contributed by atoms with van der Waals surface area (Å²) < 4.78 is 71.8. The lowest BCUT2D eigenvalue weighted by Crippen LogP contribution is -2.03. The molecule has 0 aliphatic heterocycles. The first-order valence-electron chi connectivity index (χ1n) is 12.0. The van der Waals surface area contributed by atoms with Crippen LogP contribution in [0.4, 0.5) is 22.0 Å². The summed E-state index contributed by atoms with van der Waals surface area (Å²) in [6.45, 7) is 3.91. The predicted octanol–water partition coefficient (Wildman–Crippen LogP) is 8.25. The minimum atomic E-state index is -0.569. The molecule has 3 aromatic carbocycles. The van der Waals surface area contributed by atoms with Crippen LogP contribution in [0.2, 0.25) is 0 Å². The van der Waals surface area contributed by atoms with Gasteiger partial charge in [-0.1, -0.05) is 38.8 Å². The van der Waals surface area contributed by atoms with Crippen molar-refractivity contribution in [1.82, 2.24) is 0 Å². The predicted molar refractivity (Wildman–Crippen MR) is 127 cm³/mol. The van der Waals surface area contributed by atoms with E-state index < -0.39 is 29.1 Å². The van der Waals surface area contributed by atoms with Crippen LogP contribution in [0.5, 0.6) is 0 Å². The maximum atomic E-state index is 14.6. The molecule has 0 heterocycles. The Morgan fingerprint density at radius 1 is 0.471 bits per heavy atom. The number of rotatable bonds is 11. The molecule has 5 heteroatoms. The van der Waals surface area contributed by atoms with Crippen molar-refractivity contribution in [1.29, 1.82) is 0 Å². The minimum absolute atomic E-state index is 0.00998. The van der Waals surface area contributed by atoms with Gasteiger partial charge in [0, 0.05) is 11.1 Å². The third-order valence-electron chi connectivity index (χ3n) is 6.18. The van der Waals surface area contributed by atoms with Gasteiger partial charge in [0.15, 0.2) is 0 Å². The summed E-state index contributed by atoms with van der Waals surface area (Å²) in [4.78, 5) is 0. The molecule has 3 rings (SSSR count). The molecule has 0 bridgehead atoms. The fourth-order valence-corrected chi connectivity index (χ4v) is 4.22. The minimum Gasteiger partial charge on any atom is -0.207 e. The highest BCUT2D eigenvalue weighted by Crippen LogP contribution is 2.22. The Balaban J connectivity index is 1.63. The summed E-state index contributed by atoms with van der Waals surface area (Å²) in [6, 6.07) is 10.1. The lowest BCUT2D eigenvalue weighted by atomic mass is 9.97. The van der Waals surface area contributed by atoms with E-state index >= 15 is 0 Å². The van der Waals surface area contributed by atoms with Crippen LogP contribution in [0.15, 0.2) is 42.5 Å². The Hall–Kier alpha value is -2.69. The maximum absolute atomic E-state index is 14.6. The first-order valence-corrected chi connectivity index (χ1v) is 12.0. The lowest BCUT2D eigenvalue weighted by molar-refractivity contribution is 0.545. The quantitative estimate of drug-likeness (QED) is 0.246. The highest BCUT2D eigenvalue weighted by molar-refractivity contribution is 5.31. The zero-order chi connectivity index (χ0) is 24.7. The highest BCUT2D eigenvalue weighted by Gasteiger charge is 2.14. The van der Waals surface area contributed by atoms with Crippen molar-refractivity contribution in [2.45, 2.75) is 71.6 Å². The summed E-state index contributed by atoms with van der Waals surface area (Å²) in [5.74, 6) is -2.68. The molecule has 0 fully saturated rings. The van der Waals surface area contributed by atoms with Crippen LogP contribution in [-0.2, 0) is 38.5 Å². The molecule has 182 valence electrons. The average molecular weight is 475 g/mol. The number of aryl methyl sites for hydroxylation is 4. The van der Waals surface area contributed by atoms with Crippen molar-refractivity contribution < 1.29 is 22.0 Å². The van der Waals surface area contributed by atoms with Gasteiger partial charge in [-0.15, -0.1) is 0 Å². The topological polar surface area (TPSA) is 0 Å². The fraction of sp³-hybridized carbons (Fsp3) is 0.379. The Labute approximate surface area is 198 Å². The standard InChI is InChI=1S/C29H31F5/c1-3-5-7-23-26(31)17-21(18-27(23)32)9-12-22-11-8-19(14-25(22)30)10-13-24-28(33)15-20(6-4-2)16-29(24)34/h8,11,14-18H,3-7,9-10,12-13H2,1-2H3. The molecule has 0 nitrogen and oxygen atoms in total. The Bertz CT molecular complexity index is 1070. The molecule has 0 aromatic heterocycles. The highest BCUT2D eigenvalue weighted by atomic mass is 19.1. The van der Waals surface area contributed by atoms with Crippen LogP contribution in [-0.4, -0.2) is 0 Å². The summed E-state index contributed by atoms with van der Waals surface area (Å²) >= 11 is 0. The third kappa shape index (κ3) is 6.68. The van der Waals surface area contributed by atoms with Gasteiger partial charge in [0.25, 0.3) is 0 Å². The van der Waals surface area contributed by atoms with Crippen molar-refractivity contribution in [2.75, 3.05) is 0 Å². The molecule has 0 atom stereocenters. The molecule has 0 aliphatic rings. The number of benzene rings is 3. The van der Waals surface area contributed by atoms with Crippen LogP contribution in [0.1, 0.15) is 66.5 Å². The SMILES string of the molecule is CCCCc1c(F)cc(CCc2ccc(CCc3c(F)cc(CCC)cc3F)cc2F)cc1F. The van der Waals surface area contributed by atoms with Crippen molar-refractivity contribution in [3.8, 4) is 0 Å². The molecular weight excluding hydrogens is 443 g/mol. The summed E-state index contributed by atoms with van der Waals surface area (Å²) in [5.41, 5.74) is 2.30. The van der Waals surface area contributed by atoms with Crippen molar-refractivity contribution in [2.24, 2.45) is 0 Å². The van der Waals surface area contributed by atoms with E-state index in [2.05, 4.69) is 0 Å². The van der Waals surface area contributed by atoms with E-state index in [1.807, 2.05) is 13.8 Å². The average Bonchev–Trinajstić information content (AvgIpc) is 2.77. The van der Waals surface area contributed by atoms with Crippen molar-refractivity contribution in [3.63, 3.8) is 0 Å². The van der Waals surface area contributed by atoms with E-state index in [9.17, 15) is 22.0 Å². The molecule has 0 saturated heterocycles. The fourth-order valence-electron chi connectivity index (χ4n) is 4.22. The van der Waals surface area contributed by atoms with Crippen LogP contribution < -0.4 is 0 Å². The summed E-state index contributed by atoms with van der Waals surface area (Å²) in [6.07, 6.45) is 4.38. The van der Waals surface area contributed by atoms with E-state index in [-0.39, 0.29) is 17.5 Å². The van der Waals surface area contributed by atoms with Gasteiger partial charge in [-0.3, -0.25) is 0 Å². The molecule has 0 unspecified atom stereocenters. The zero-order valence-electron chi connectivity index (χ0n) is 19.8. The van der Waals surface area contributed by atoms with Crippen LogP contribution in [0.3, 0.4) is 0 Å². The van der Waals surface area contributed by atoms with Gasteiger partial charge in [0.2, 0.25) is 0 Å². The van der Waals surface area contributed by atoms with E-state index in [0.29, 0.717) is 60.8 Å². The second kappa shape index (κ2) is 12.1. The largest absolute Gasteiger partial charge is 0.207 e. The van der Waals surface area contributed by atoms with Gasteiger partial charge in [-0.05, 0) is 97.5 Å². The van der Waals surface area contributed by atoms with Gasteiger partial charge in [0.05, 0.1) is 0 Å². The molecule has 0 spiro atoms. The Morgan fingerprint density at radius 3 is 1.50 bits per heavy atom. The molecule has 0 N–H and O–H groups in total. The molecular formula is C29H31F5.